The fraction of sp³-hybridized carbons (Fsp3) is 0. The Hall–Kier alpha value is -3.75. The van der Waals surface area contributed by atoms with Crippen LogP contribution in [0.1, 0.15) is 15.9 Å². The Morgan fingerprint density at radius 2 is 1.10 bits per heavy atom. The Morgan fingerprint density at radius 3 is 1.74 bits per heavy atom. The van der Waals surface area contributed by atoms with E-state index < -0.39 is 0 Å². The highest BCUT2D eigenvalue weighted by Crippen LogP contribution is 2.37. The molecule has 0 spiro atoms. The fourth-order valence-corrected chi connectivity index (χ4v) is 4.67. The van der Waals surface area contributed by atoms with Crippen LogP contribution in [0.5, 0.6) is 0 Å². The van der Waals surface area contributed by atoms with Crippen molar-refractivity contribution in [1.29, 1.82) is 0 Å². The molecule has 31 heavy (non-hydrogen) atoms. The molecule has 1 heterocycles. The molecule has 0 bridgehead atoms. The number of hydrogen-bond acceptors (Lipinski definition) is 2. The lowest BCUT2D eigenvalue weighted by molar-refractivity contribution is 0.103. The molecule has 0 amide bonds. The van der Waals surface area contributed by atoms with Gasteiger partial charge in [-0.2, -0.15) is 0 Å². The van der Waals surface area contributed by atoms with Gasteiger partial charge in [-0.05, 0) is 39.9 Å². The molecule has 0 saturated carbocycles. The summed E-state index contributed by atoms with van der Waals surface area (Å²) in [7, 11) is 0. The molecule has 0 aliphatic carbocycles. The number of carbonyl (C=O) groups excluding carboxylic acids is 1. The highest BCUT2D eigenvalue weighted by molar-refractivity contribution is 7.13. The fourth-order valence-electron chi connectivity index (χ4n) is 3.79. The minimum atomic E-state index is 0.0623. The molecule has 0 aliphatic heterocycles. The Bertz CT molecular complexity index is 1320. The zero-order valence-corrected chi connectivity index (χ0v) is 17.7. The van der Waals surface area contributed by atoms with Crippen molar-refractivity contribution >= 4 is 17.1 Å². The third kappa shape index (κ3) is 3.98. The van der Waals surface area contributed by atoms with E-state index in [9.17, 15) is 4.79 Å². The van der Waals surface area contributed by atoms with Gasteiger partial charge in [-0.25, -0.2) is 0 Å². The normalized spacial score (nSPS) is 10.7. The van der Waals surface area contributed by atoms with Crippen molar-refractivity contribution in [2.24, 2.45) is 0 Å². The standard InChI is InChI=1S/C29H20OS/c30-29(23-14-8-3-9-15-23)25-19-28(31-20-25)24-16-17-26(21-10-4-1-5-11-21)27(18-24)22-12-6-2-7-13-22/h1-20H. The molecule has 4 aromatic carbocycles. The predicted molar refractivity (Wildman–Crippen MR) is 131 cm³/mol. The van der Waals surface area contributed by atoms with Crippen LogP contribution in [0.25, 0.3) is 32.7 Å². The molecule has 0 radical (unpaired) electrons. The van der Waals surface area contributed by atoms with E-state index in [0.717, 1.165) is 21.6 Å². The summed E-state index contributed by atoms with van der Waals surface area (Å²) in [4.78, 5) is 13.9. The average molecular weight is 417 g/mol. The summed E-state index contributed by atoms with van der Waals surface area (Å²) in [6.07, 6.45) is 0. The highest BCUT2D eigenvalue weighted by Gasteiger charge is 2.14. The molecule has 5 rings (SSSR count). The van der Waals surface area contributed by atoms with Crippen LogP contribution in [0, 0.1) is 0 Å². The Labute approximate surface area is 186 Å². The minimum absolute atomic E-state index is 0.0623. The van der Waals surface area contributed by atoms with E-state index in [0.29, 0.717) is 0 Å². The van der Waals surface area contributed by atoms with Crippen LogP contribution >= 0.6 is 11.3 Å². The first-order valence-electron chi connectivity index (χ1n) is 10.2. The summed E-state index contributed by atoms with van der Waals surface area (Å²) in [6, 6.07) is 38.9. The van der Waals surface area contributed by atoms with E-state index in [-0.39, 0.29) is 5.78 Å². The van der Waals surface area contributed by atoms with Crippen molar-refractivity contribution in [3.05, 3.63) is 132 Å². The largest absolute Gasteiger partial charge is 0.289 e. The van der Waals surface area contributed by atoms with Crippen molar-refractivity contribution in [1.82, 2.24) is 0 Å². The topological polar surface area (TPSA) is 17.1 Å². The smallest absolute Gasteiger partial charge is 0.193 e. The van der Waals surface area contributed by atoms with Crippen LogP contribution in [-0.2, 0) is 0 Å². The van der Waals surface area contributed by atoms with Crippen molar-refractivity contribution < 1.29 is 4.79 Å². The van der Waals surface area contributed by atoms with Crippen LogP contribution < -0.4 is 0 Å². The molecule has 0 atom stereocenters. The van der Waals surface area contributed by atoms with Gasteiger partial charge in [0.15, 0.2) is 5.78 Å². The van der Waals surface area contributed by atoms with Crippen molar-refractivity contribution in [2.45, 2.75) is 0 Å². The second kappa shape index (κ2) is 8.55. The highest BCUT2D eigenvalue weighted by atomic mass is 32.1. The number of ketones is 1. The van der Waals surface area contributed by atoms with Gasteiger partial charge in [0.05, 0.1) is 0 Å². The molecule has 1 aromatic heterocycles. The quantitative estimate of drug-likeness (QED) is 0.265. The van der Waals surface area contributed by atoms with Gasteiger partial charge < -0.3 is 0 Å². The maximum atomic E-state index is 12.8. The van der Waals surface area contributed by atoms with Gasteiger partial charge in [-0.1, -0.05) is 103 Å². The molecule has 1 nitrogen and oxygen atoms in total. The van der Waals surface area contributed by atoms with Gasteiger partial charge in [0.25, 0.3) is 0 Å². The van der Waals surface area contributed by atoms with Crippen molar-refractivity contribution in [3.8, 4) is 32.7 Å². The van der Waals surface area contributed by atoms with E-state index in [2.05, 4.69) is 66.7 Å². The molecule has 0 aliphatic rings. The summed E-state index contributed by atoms with van der Waals surface area (Å²) in [5, 5.41) is 1.96. The molecular weight excluding hydrogens is 396 g/mol. The Balaban J connectivity index is 1.57. The number of thiophene rings is 1. The lowest BCUT2D eigenvalue weighted by Gasteiger charge is -2.12. The molecule has 148 valence electrons. The second-order valence-corrected chi connectivity index (χ2v) is 8.30. The molecule has 2 heteroatoms. The lowest BCUT2D eigenvalue weighted by Crippen LogP contribution is -1.98. The van der Waals surface area contributed by atoms with Gasteiger partial charge in [0.2, 0.25) is 0 Å². The van der Waals surface area contributed by atoms with Gasteiger partial charge >= 0.3 is 0 Å². The van der Waals surface area contributed by atoms with Gasteiger partial charge in [0, 0.05) is 21.4 Å². The minimum Gasteiger partial charge on any atom is -0.289 e. The van der Waals surface area contributed by atoms with E-state index in [1.807, 2.05) is 53.9 Å². The van der Waals surface area contributed by atoms with Gasteiger partial charge in [-0.15, -0.1) is 11.3 Å². The number of benzene rings is 4. The van der Waals surface area contributed by atoms with E-state index in [1.54, 1.807) is 11.3 Å². The number of rotatable bonds is 5. The van der Waals surface area contributed by atoms with Gasteiger partial charge in [-0.3, -0.25) is 4.79 Å². The first-order chi connectivity index (χ1) is 15.3. The first kappa shape index (κ1) is 19.2. The zero-order chi connectivity index (χ0) is 21.0. The second-order valence-electron chi connectivity index (χ2n) is 7.39. The molecule has 0 N–H and O–H groups in total. The summed E-state index contributed by atoms with van der Waals surface area (Å²) in [5.41, 5.74) is 7.34. The van der Waals surface area contributed by atoms with E-state index >= 15 is 0 Å². The van der Waals surface area contributed by atoms with Crippen LogP contribution in [0.4, 0.5) is 0 Å². The molecule has 0 fully saturated rings. The SMILES string of the molecule is O=C(c1ccccc1)c1csc(-c2ccc(-c3ccccc3)c(-c3ccccc3)c2)c1. The van der Waals surface area contributed by atoms with Crippen LogP contribution in [-0.4, -0.2) is 5.78 Å². The van der Waals surface area contributed by atoms with Gasteiger partial charge in [0.1, 0.15) is 0 Å². The molecule has 0 saturated heterocycles. The average Bonchev–Trinajstić information content (AvgIpc) is 3.35. The van der Waals surface area contributed by atoms with Crippen molar-refractivity contribution in [2.75, 3.05) is 0 Å². The monoisotopic (exact) mass is 416 g/mol. The third-order valence-electron chi connectivity index (χ3n) is 5.37. The Morgan fingerprint density at radius 1 is 0.516 bits per heavy atom. The summed E-state index contributed by atoms with van der Waals surface area (Å²) in [5.74, 6) is 0.0623. The molecule has 5 aromatic rings. The molecule has 0 unspecified atom stereocenters. The van der Waals surface area contributed by atoms with Crippen LogP contribution in [0.3, 0.4) is 0 Å². The van der Waals surface area contributed by atoms with E-state index in [4.69, 9.17) is 0 Å². The summed E-state index contributed by atoms with van der Waals surface area (Å²) in [6.45, 7) is 0. The maximum Gasteiger partial charge on any atom is 0.193 e. The maximum absolute atomic E-state index is 12.8. The summed E-state index contributed by atoms with van der Waals surface area (Å²) >= 11 is 1.61. The van der Waals surface area contributed by atoms with Crippen molar-refractivity contribution in [3.63, 3.8) is 0 Å². The number of carbonyl (C=O) groups is 1. The van der Waals surface area contributed by atoms with Crippen LogP contribution in [0.2, 0.25) is 0 Å². The molecular formula is C29H20OS. The zero-order valence-electron chi connectivity index (χ0n) is 16.9. The summed E-state index contributed by atoms with van der Waals surface area (Å²) < 4.78 is 0. The third-order valence-corrected chi connectivity index (χ3v) is 6.35. The number of hydrogen-bond donors (Lipinski definition) is 0. The van der Waals surface area contributed by atoms with E-state index in [1.165, 1.54) is 22.3 Å². The Kier molecular flexibility index (Phi) is 5.30. The lowest BCUT2D eigenvalue weighted by atomic mass is 9.92. The predicted octanol–water partition coefficient (Wildman–Crippen LogP) is 7.98. The first-order valence-corrected chi connectivity index (χ1v) is 11.1. The van der Waals surface area contributed by atoms with Crippen LogP contribution in [0.15, 0.2) is 121 Å².